The van der Waals surface area contributed by atoms with Crippen LogP contribution in [0.1, 0.15) is 25.2 Å². The van der Waals surface area contributed by atoms with Gasteiger partial charge in [0.05, 0.1) is 6.04 Å². The Labute approximate surface area is 129 Å². The molecule has 1 unspecified atom stereocenters. The molecule has 0 aliphatic carbocycles. The van der Waals surface area contributed by atoms with Crippen LogP contribution in [0.2, 0.25) is 5.02 Å². The zero-order valence-corrected chi connectivity index (χ0v) is 12.8. The molecule has 0 amide bonds. The fourth-order valence-electron chi connectivity index (χ4n) is 2.71. The van der Waals surface area contributed by atoms with E-state index in [1.165, 1.54) is 0 Å². The van der Waals surface area contributed by atoms with Crippen molar-refractivity contribution in [3.05, 3.63) is 35.1 Å². The van der Waals surface area contributed by atoms with Gasteiger partial charge in [-0.1, -0.05) is 29.7 Å². The Kier molecular flexibility index (Phi) is 4.53. The molecule has 1 aliphatic heterocycles. The average Bonchev–Trinajstić information content (AvgIpc) is 2.99. The number of nitrogens with zero attached hydrogens (tertiary/aromatic N) is 3. The van der Waals surface area contributed by atoms with Crippen LogP contribution < -0.4 is 5.32 Å². The number of hydrogen-bond acceptors (Lipinski definition) is 5. The molecule has 1 aromatic heterocycles. The van der Waals surface area contributed by atoms with Gasteiger partial charge in [0.1, 0.15) is 0 Å². The summed E-state index contributed by atoms with van der Waals surface area (Å²) in [4.78, 5) is 6.98. The van der Waals surface area contributed by atoms with Crippen LogP contribution in [0.3, 0.4) is 0 Å². The van der Waals surface area contributed by atoms with Crippen LogP contribution >= 0.6 is 11.6 Å². The molecule has 21 heavy (non-hydrogen) atoms. The van der Waals surface area contributed by atoms with Crippen molar-refractivity contribution in [2.75, 3.05) is 26.2 Å². The predicted molar refractivity (Wildman–Crippen MR) is 82.2 cm³/mol. The van der Waals surface area contributed by atoms with Crippen LogP contribution in [0, 0.1) is 0 Å². The Hall–Kier alpha value is -1.43. The molecule has 0 radical (unpaired) electrons. The van der Waals surface area contributed by atoms with Gasteiger partial charge >= 0.3 is 0 Å². The highest BCUT2D eigenvalue weighted by Gasteiger charge is 2.25. The van der Waals surface area contributed by atoms with Crippen molar-refractivity contribution in [1.29, 1.82) is 0 Å². The minimum absolute atomic E-state index is 0.212. The van der Waals surface area contributed by atoms with E-state index in [0.717, 1.165) is 44.0 Å². The Morgan fingerprint density at radius 1 is 1.38 bits per heavy atom. The molecule has 1 aromatic carbocycles. The molecule has 2 heterocycles. The molecule has 112 valence electrons. The van der Waals surface area contributed by atoms with Crippen LogP contribution in [0.4, 0.5) is 0 Å². The Bertz CT molecular complexity index is 595. The predicted octanol–water partition coefficient (Wildman–Crippen LogP) is 2.75. The van der Waals surface area contributed by atoms with Crippen molar-refractivity contribution in [3.8, 4) is 11.5 Å². The van der Waals surface area contributed by atoms with Gasteiger partial charge in [-0.25, -0.2) is 0 Å². The summed E-state index contributed by atoms with van der Waals surface area (Å²) in [5, 5.41) is 8.21. The lowest BCUT2D eigenvalue weighted by Gasteiger charge is -2.32. The standard InChI is InChI=1S/C15H19ClN4O/c1-2-13(20-8-6-17-7-9-20)14-18-15(21-19-14)11-4-3-5-12(16)10-11/h3-5,10,13,17H,2,6-9H2,1H3. The molecule has 3 rings (SSSR count). The maximum Gasteiger partial charge on any atom is 0.258 e. The van der Waals surface area contributed by atoms with Crippen LogP contribution in [-0.2, 0) is 0 Å². The van der Waals surface area contributed by atoms with Crippen LogP contribution in [0.5, 0.6) is 0 Å². The van der Waals surface area contributed by atoms with Crippen LogP contribution in [0.15, 0.2) is 28.8 Å². The molecule has 0 bridgehead atoms. The summed E-state index contributed by atoms with van der Waals surface area (Å²) >= 11 is 6.01. The fourth-order valence-corrected chi connectivity index (χ4v) is 2.90. The summed E-state index contributed by atoms with van der Waals surface area (Å²) in [6.45, 7) is 6.20. The third-order valence-corrected chi connectivity index (χ3v) is 4.03. The molecule has 1 fully saturated rings. The van der Waals surface area contributed by atoms with Crippen molar-refractivity contribution >= 4 is 11.6 Å². The molecule has 1 saturated heterocycles. The average molecular weight is 307 g/mol. The molecular weight excluding hydrogens is 288 g/mol. The molecule has 6 heteroatoms. The van der Waals surface area contributed by atoms with Gasteiger partial charge in [0.25, 0.3) is 5.89 Å². The first-order chi connectivity index (χ1) is 10.3. The molecule has 0 saturated carbocycles. The summed E-state index contributed by atoms with van der Waals surface area (Å²) in [5.41, 5.74) is 0.858. The number of halogens is 1. The maximum atomic E-state index is 6.01. The van der Waals surface area contributed by atoms with Crippen molar-refractivity contribution < 1.29 is 4.52 Å². The fraction of sp³-hybridized carbons (Fsp3) is 0.467. The summed E-state index contributed by atoms with van der Waals surface area (Å²) < 4.78 is 5.42. The van der Waals surface area contributed by atoms with Crippen molar-refractivity contribution in [2.45, 2.75) is 19.4 Å². The first-order valence-corrected chi connectivity index (χ1v) is 7.70. The van der Waals surface area contributed by atoms with Gasteiger partial charge in [0, 0.05) is 36.8 Å². The van der Waals surface area contributed by atoms with E-state index >= 15 is 0 Å². The molecular formula is C15H19ClN4O. The van der Waals surface area contributed by atoms with Gasteiger partial charge in [-0.05, 0) is 24.6 Å². The number of piperazine rings is 1. The zero-order valence-electron chi connectivity index (χ0n) is 12.1. The summed E-state index contributed by atoms with van der Waals surface area (Å²) in [5.74, 6) is 1.29. The largest absolute Gasteiger partial charge is 0.334 e. The maximum absolute atomic E-state index is 6.01. The Balaban J connectivity index is 1.82. The molecule has 5 nitrogen and oxygen atoms in total. The highest BCUT2D eigenvalue weighted by Crippen LogP contribution is 2.26. The van der Waals surface area contributed by atoms with Gasteiger partial charge in [-0.2, -0.15) is 4.98 Å². The van der Waals surface area contributed by atoms with E-state index in [9.17, 15) is 0 Å². The minimum Gasteiger partial charge on any atom is -0.334 e. The Morgan fingerprint density at radius 3 is 2.90 bits per heavy atom. The Morgan fingerprint density at radius 2 is 2.19 bits per heavy atom. The summed E-state index contributed by atoms with van der Waals surface area (Å²) in [7, 11) is 0. The van der Waals surface area contributed by atoms with Crippen molar-refractivity contribution in [3.63, 3.8) is 0 Å². The van der Waals surface area contributed by atoms with Crippen LogP contribution in [0.25, 0.3) is 11.5 Å². The van der Waals surface area contributed by atoms with Gasteiger partial charge in [-0.3, -0.25) is 4.90 Å². The van der Waals surface area contributed by atoms with Gasteiger partial charge in [0.2, 0.25) is 0 Å². The normalized spacial score (nSPS) is 17.8. The van der Waals surface area contributed by atoms with E-state index in [1.807, 2.05) is 24.3 Å². The zero-order chi connectivity index (χ0) is 14.7. The second kappa shape index (κ2) is 6.56. The lowest BCUT2D eigenvalue weighted by atomic mass is 10.1. The summed E-state index contributed by atoms with van der Waals surface area (Å²) in [6, 6.07) is 7.69. The first kappa shape index (κ1) is 14.5. The number of rotatable bonds is 4. The second-order valence-electron chi connectivity index (χ2n) is 5.18. The smallest absolute Gasteiger partial charge is 0.258 e. The highest BCUT2D eigenvalue weighted by molar-refractivity contribution is 6.30. The van der Waals surface area contributed by atoms with E-state index in [-0.39, 0.29) is 6.04 Å². The third kappa shape index (κ3) is 3.26. The number of aromatic nitrogens is 2. The monoisotopic (exact) mass is 306 g/mol. The van der Waals surface area contributed by atoms with Crippen molar-refractivity contribution in [1.82, 2.24) is 20.4 Å². The highest BCUT2D eigenvalue weighted by atomic mass is 35.5. The van der Waals surface area contributed by atoms with Gasteiger partial charge in [0.15, 0.2) is 5.82 Å². The molecule has 1 atom stereocenters. The lowest BCUT2D eigenvalue weighted by Crippen LogP contribution is -2.45. The molecule has 1 N–H and O–H groups in total. The quantitative estimate of drug-likeness (QED) is 0.941. The minimum atomic E-state index is 0.212. The first-order valence-electron chi connectivity index (χ1n) is 7.32. The van der Waals surface area contributed by atoms with Gasteiger partial charge in [-0.15, -0.1) is 0 Å². The van der Waals surface area contributed by atoms with E-state index in [4.69, 9.17) is 16.1 Å². The molecule has 0 spiro atoms. The third-order valence-electron chi connectivity index (χ3n) is 3.79. The number of nitrogens with one attached hydrogen (secondary N) is 1. The molecule has 2 aromatic rings. The number of benzene rings is 1. The topological polar surface area (TPSA) is 54.2 Å². The van der Waals surface area contributed by atoms with E-state index in [2.05, 4.69) is 27.3 Å². The van der Waals surface area contributed by atoms with E-state index in [1.54, 1.807) is 0 Å². The van der Waals surface area contributed by atoms with E-state index in [0.29, 0.717) is 10.9 Å². The lowest BCUT2D eigenvalue weighted by molar-refractivity contribution is 0.160. The number of hydrogen-bond donors (Lipinski definition) is 1. The van der Waals surface area contributed by atoms with Gasteiger partial charge < -0.3 is 9.84 Å². The van der Waals surface area contributed by atoms with Crippen molar-refractivity contribution in [2.24, 2.45) is 0 Å². The summed E-state index contributed by atoms with van der Waals surface area (Å²) in [6.07, 6.45) is 0.967. The SMILES string of the molecule is CCC(c1noc(-c2cccc(Cl)c2)n1)N1CCNCC1. The van der Waals surface area contributed by atoms with Crippen LogP contribution in [-0.4, -0.2) is 41.2 Å². The second-order valence-corrected chi connectivity index (χ2v) is 5.61. The molecule has 1 aliphatic rings. The van der Waals surface area contributed by atoms with E-state index < -0.39 is 0 Å².